The molecule has 0 saturated carbocycles. The second-order valence-electron chi connectivity index (χ2n) is 5.39. The first-order valence-electron chi connectivity index (χ1n) is 7.18. The highest BCUT2D eigenvalue weighted by atomic mass is 35.5. The molecule has 0 saturated heterocycles. The maximum atomic E-state index is 12.8. The molecule has 1 heterocycles. The number of hydrogen-bond donors (Lipinski definition) is 1. The van der Waals surface area contributed by atoms with Crippen LogP contribution in [0.1, 0.15) is 20.7 Å². The molecule has 2 amide bonds. The zero-order valence-corrected chi connectivity index (χ0v) is 13.7. The summed E-state index contributed by atoms with van der Waals surface area (Å²) in [6, 6.07) is 15.5. The van der Waals surface area contributed by atoms with Crippen LogP contribution in [0.4, 0.5) is 5.69 Å². The van der Waals surface area contributed by atoms with Crippen molar-refractivity contribution in [2.24, 2.45) is 0 Å². The molecule has 24 heavy (non-hydrogen) atoms. The molecular formula is C18H10Cl2N2O2. The lowest BCUT2D eigenvalue weighted by Crippen LogP contribution is -2.44. The number of nitrogens with zero attached hydrogens (tertiary/aromatic N) is 1. The van der Waals surface area contributed by atoms with E-state index in [1.807, 2.05) is 12.1 Å². The maximum absolute atomic E-state index is 12.8. The van der Waals surface area contributed by atoms with Crippen LogP contribution in [0, 0.1) is 0 Å². The van der Waals surface area contributed by atoms with E-state index in [1.165, 1.54) is 0 Å². The SMILES string of the molecule is O=C1c2cccc3cccc(c23)C(=O)N1Nc1cc(Cl)ccc1Cl. The first-order chi connectivity index (χ1) is 11.6. The third-order valence-corrected chi connectivity index (χ3v) is 4.50. The molecule has 0 radical (unpaired) electrons. The van der Waals surface area contributed by atoms with Crippen LogP contribution in [0.15, 0.2) is 54.6 Å². The summed E-state index contributed by atoms with van der Waals surface area (Å²) < 4.78 is 0. The van der Waals surface area contributed by atoms with Gasteiger partial charge in [0.05, 0.1) is 21.8 Å². The Morgan fingerprint density at radius 1 is 0.833 bits per heavy atom. The lowest BCUT2D eigenvalue weighted by atomic mass is 9.95. The molecule has 0 spiro atoms. The van der Waals surface area contributed by atoms with Crippen molar-refractivity contribution in [1.29, 1.82) is 0 Å². The number of anilines is 1. The first-order valence-corrected chi connectivity index (χ1v) is 7.94. The monoisotopic (exact) mass is 356 g/mol. The Labute approximate surface area is 147 Å². The van der Waals surface area contributed by atoms with Gasteiger partial charge in [0, 0.05) is 10.4 Å². The highest BCUT2D eigenvalue weighted by Gasteiger charge is 2.33. The van der Waals surface area contributed by atoms with Crippen LogP contribution >= 0.6 is 23.2 Å². The molecule has 1 aliphatic heterocycles. The number of rotatable bonds is 2. The molecule has 0 bridgehead atoms. The molecule has 4 rings (SSSR count). The van der Waals surface area contributed by atoms with Gasteiger partial charge in [0.15, 0.2) is 0 Å². The van der Waals surface area contributed by atoms with Crippen LogP contribution in [0.25, 0.3) is 10.8 Å². The van der Waals surface area contributed by atoms with Crippen molar-refractivity contribution in [2.75, 3.05) is 5.43 Å². The Morgan fingerprint density at radius 3 is 2.08 bits per heavy atom. The van der Waals surface area contributed by atoms with Crippen LogP contribution in [0.5, 0.6) is 0 Å². The van der Waals surface area contributed by atoms with Gasteiger partial charge < -0.3 is 0 Å². The summed E-state index contributed by atoms with van der Waals surface area (Å²) in [7, 11) is 0. The molecule has 0 fully saturated rings. The maximum Gasteiger partial charge on any atom is 0.280 e. The van der Waals surface area contributed by atoms with E-state index in [4.69, 9.17) is 23.2 Å². The number of amides is 2. The van der Waals surface area contributed by atoms with E-state index in [-0.39, 0.29) is 0 Å². The quantitative estimate of drug-likeness (QED) is 0.672. The summed E-state index contributed by atoms with van der Waals surface area (Å²) in [4.78, 5) is 25.6. The average Bonchev–Trinajstić information content (AvgIpc) is 2.59. The van der Waals surface area contributed by atoms with Crippen molar-refractivity contribution in [3.05, 3.63) is 75.8 Å². The predicted octanol–water partition coefficient (Wildman–Crippen LogP) is 4.77. The van der Waals surface area contributed by atoms with Gasteiger partial charge in [0.25, 0.3) is 11.8 Å². The molecule has 0 aromatic heterocycles. The summed E-state index contributed by atoms with van der Waals surface area (Å²) in [5, 5.41) is 3.30. The fourth-order valence-electron chi connectivity index (χ4n) is 2.84. The molecule has 3 aromatic rings. The van der Waals surface area contributed by atoms with Crippen molar-refractivity contribution < 1.29 is 9.59 Å². The van der Waals surface area contributed by atoms with Gasteiger partial charge in [-0.15, -0.1) is 0 Å². The minimum absolute atomic E-state index is 0.358. The van der Waals surface area contributed by atoms with E-state index < -0.39 is 11.8 Å². The van der Waals surface area contributed by atoms with Gasteiger partial charge in [-0.2, -0.15) is 5.01 Å². The average molecular weight is 357 g/mol. The molecule has 4 nitrogen and oxygen atoms in total. The second kappa shape index (κ2) is 5.51. The highest BCUT2D eigenvalue weighted by molar-refractivity contribution is 6.35. The Bertz CT molecular complexity index is 966. The van der Waals surface area contributed by atoms with E-state index in [1.54, 1.807) is 42.5 Å². The van der Waals surface area contributed by atoms with Crippen molar-refractivity contribution in [2.45, 2.75) is 0 Å². The minimum atomic E-state index is -0.430. The molecular weight excluding hydrogens is 347 g/mol. The topological polar surface area (TPSA) is 49.4 Å². The van der Waals surface area contributed by atoms with E-state index in [0.717, 1.165) is 10.4 Å². The smallest absolute Gasteiger partial charge is 0.280 e. The Morgan fingerprint density at radius 2 is 1.46 bits per heavy atom. The van der Waals surface area contributed by atoms with Crippen molar-refractivity contribution in [1.82, 2.24) is 5.01 Å². The number of benzene rings is 3. The summed E-state index contributed by atoms with van der Waals surface area (Å²) in [5.74, 6) is -0.860. The molecule has 1 aliphatic rings. The molecule has 0 unspecified atom stereocenters. The largest absolute Gasteiger partial charge is 0.287 e. The normalized spacial score (nSPS) is 13.5. The van der Waals surface area contributed by atoms with E-state index in [2.05, 4.69) is 5.43 Å². The molecule has 6 heteroatoms. The highest BCUT2D eigenvalue weighted by Crippen LogP contribution is 2.32. The van der Waals surface area contributed by atoms with Crippen LogP contribution in [-0.2, 0) is 0 Å². The van der Waals surface area contributed by atoms with Gasteiger partial charge in [0.1, 0.15) is 0 Å². The number of hydrazine groups is 1. The van der Waals surface area contributed by atoms with Crippen molar-refractivity contribution in [3.8, 4) is 0 Å². The summed E-state index contributed by atoms with van der Waals surface area (Å²) >= 11 is 12.1. The standard InChI is InChI=1S/C18H10Cl2N2O2/c19-11-7-8-14(20)15(9-11)21-22-17(23)12-5-1-3-10-4-2-6-13(16(10)12)18(22)24/h1-9,21H. The lowest BCUT2D eigenvalue weighted by molar-refractivity contribution is 0.0649. The van der Waals surface area contributed by atoms with E-state index in [9.17, 15) is 9.59 Å². The first kappa shape index (κ1) is 15.0. The van der Waals surface area contributed by atoms with Gasteiger partial charge in [-0.3, -0.25) is 15.0 Å². The van der Waals surface area contributed by atoms with Gasteiger partial charge >= 0.3 is 0 Å². The fourth-order valence-corrected chi connectivity index (χ4v) is 3.17. The van der Waals surface area contributed by atoms with Crippen LogP contribution in [0.2, 0.25) is 10.0 Å². The van der Waals surface area contributed by atoms with Gasteiger partial charge in [0.2, 0.25) is 0 Å². The molecule has 3 aromatic carbocycles. The van der Waals surface area contributed by atoms with Crippen molar-refractivity contribution >= 4 is 51.5 Å². The molecule has 0 aliphatic carbocycles. The predicted molar refractivity (Wildman–Crippen MR) is 94.5 cm³/mol. The van der Waals surface area contributed by atoms with E-state index >= 15 is 0 Å². The number of carbonyl (C=O) groups is 2. The fraction of sp³-hybridized carbons (Fsp3) is 0. The Hall–Kier alpha value is -2.56. The second-order valence-corrected chi connectivity index (χ2v) is 6.23. The van der Waals surface area contributed by atoms with Crippen molar-refractivity contribution in [3.63, 3.8) is 0 Å². The molecule has 1 N–H and O–H groups in total. The minimum Gasteiger partial charge on any atom is -0.287 e. The number of nitrogens with one attached hydrogen (secondary N) is 1. The zero-order valence-electron chi connectivity index (χ0n) is 12.2. The number of hydrogen-bond acceptors (Lipinski definition) is 3. The summed E-state index contributed by atoms with van der Waals surface area (Å²) in [5.41, 5.74) is 4.11. The lowest BCUT2D eigenvalue weighted by Gasteiger charge is -2.28. The van der Waals surface area contributed by atoms with Gasteiger partial charge in [-0.25, -0.2) is 0 Å². The third kappa shape index (κ3) is 2.23. The third-order valence-electron chi connectivity index (χ3n) is 3.93. The van der Waals surface area contributed by atoms with Gasteiger partial charge in [-0.05, 0) is 35.7 Å². The van der Waals surface area contributed by atoms with Crippen LogP contribution in [0.3, 0.4) is 0 Å². The molecule has 0 atom stereocenters. The Balaban J connectivity index is 1.84. The number of imide groups is 1. The number of carbonyl (C=O) groups excluding carboxylic acids is 2. The van der Waals surface area contributed by atoms with Crippen LogP contribution < -0.4 is 5.43 Å². The number of halogens is 2. The summed E-state index contributed by atoms with van der Waals surface area (Å²) in [6.07, 6.45) is 0. The van der Waals surface area contributed by atoms with Gasteiger partial charge in [-0.1, -0.05) is 47.5 Å². The Kier molecular flexibility index (Phi) is 3.44. The zero-order chi connectivity index (χ0) is 16.8. The van der Waals surface area contributed by atoms with E-state index in [0.29, 0.717) is 32.2 Å². The summed E-state index contributed by atoms with van der Waals surface area (Å²) in [6.45, 7) is 0. The van der Waals surface area contributed by atoms with Crippen LogP contribution in [-0.4, -0.2) is 16.8 Å². The molecule has 118 valence electrons.